The van der Waals surface area contributed by atoms with Crippen LogP contribution in [0.3, 0.4) is 0 Å². The molecule has 21 heterocycles. The first kappa shape index (κ1) is 93.5. The third-order valence-electron chi connectivity index (χ3n) is 21.6. The minimum atomic E-state index is -1.42. The van der Waals surface area contributed by atoms with Gasteiger partial charge in [-0.1, -0.05) is 18.2 Å². The third kappa shape index (κ3) is 21.5. The molecule has 21 saturated heterocycles. The molecule has 14 bridgehead atoms. The Balaban J connectivity index is 1.14. The van der Waals surface area contributed by atoms with Gasteiger partial charge in [0.2, 0.25) is 5.54 Å². The van der Waals surface area contributed by atoms with Crippen molar-refractivity contribution in [3.63, 3.8) is 0 Å². The lowest BCUT2D eigenvalue weighted by molar-refractivity contribution is -0.539. The van der Waals surface area contributed by atoms with Crippen LogP contribution in [-0.4, -0.2) is 433 Å². The Labute approximate surface area is 661 Å². The number of amides is 1. The van der Waals surface area contributed by atoms with E-state index < -0.39 is 227 Å². The number of carbonyl (C=O) groups is 1. The Kier molecular flexibility index (Phi) is 37.5. The number of methoxy groups -OCH3 is 20. The molecule has 21 aliphatic heterocycles. The minimum Gasteiger partial charge on any atom is -0.623 e. The summed E-state index contributed by atoms with van der Waals surface area (Å²) in [5.41, 5.74) is -0.595. The fraction of sp³-hybridized carbons (Fsp3) is 0.892. The number of hydrogen-bond donors (Lipinski definition) is 1. The Hall–Kier alpha value is -3.40. The van der Waals surface area contributed by atoms with E-state index in [-0.39, 0.29) is 52.8 Å². The van der Waals surface area contributed by atoms with Crippen molar-refractivity contribution >= 4 is 12.3 Å². The van der Waals surface area contributed by atoms with Crippen LogP contribution < -0.4 is 5.32 Å². The average Bonchev–Trinajstić information content (AvgIpc) is 0.783. The highest BCUT2D eigenvalue weighted by molar-refractivity contribution is 5.75. The zero-order valence-electron chi connectivity index (χ0n) is 68.9. The van der Waals surface area contributed by atoms with Crippen LogP contribution in [0.4, 0.5) is 4.79 Å². The molecule has 0 radical (unpaired) electrons. The van der Waals surface area contributed by atoms with Crippen LogP contribution in [0.2, 0.25) is 0 Å². The normalized spacial score (nSPS) is 41.7. The summed E-state index contributed by atoms with van der Waals surface area (Å²) in [4.78, 5) is 14.1. The highest BCUT2D eigenvalue weighted by atomic mass is 16.8. The Morgan fingerprint density at radius 3 is 0.735 bits per heavy atom. The van der Waals surface area contributed by atoms with Gasteiger partial charge in [-0.2, -0.15) is 0 Å². The molecule has 0 saturated carbocycles. The first-order valence-electron chi connectivity index (χ1n) is 37.5. The Morgan fingerprint density at radius 1 is 0.327 bits per heavy atom. The van der Waals surface area contributed by atoms with E-state index in [1.54, 1.807) is 38.1 Å². The fourth-order valence-corrected chi connectivity index (χ4v) is 16.1. The van der Waals surface area contributed by atoms with Gasteiger partial charge in [-0.15, -0.1) is 0 Å². The van der Waals surface area contributed by atoms with Gasteiger partial charge in [-0.05, 0) is 12.1 Å². The fourth-order valence-electron chi connectivity index (χ4n) is 16.1. The van der Waals surface area contributed by atoms with Crippen molar-refractivity contribution in [1.29, 1.82) is 0 Å². The second-order valence-corrected chi connectivity index (χ2v) is 28.7. The van der Waals surface area contributed by atoms with Gasteiger partial charge in [0.1, 0.15) is 171 Å². The van der Waals surface area contributed by atoms with Crippen LogP contribution >= 0.6 is 0 Å². The molecule has 0 spiro atoms. The number of hydroxylamine groups is 1. The summed E-state index contributed by atoms with van der Waals surface area (Å²) in [5, 5.41) is 16.4. The van der Waals surface area contributed by atoms with Gasteiger partial charge < -0.3 is 176 Å². The molecule has 39 nitrogen and oxygen atoms in total. The lowest BCUT2D eigenvalue weighted by Gasteiger charge is -2.52. The Bertz CT molecular complexity index is 2890. The van der Waals surface area contributed by atoms with E-state index >= 15 is 0 Å². The van der Waals surface area contributed by atoms with Crippen molar-refractivity contribution in [1.82, 2.24) is 5.32 Å². The van der Waals surface area contributed by atoms with Gasteiger partial charge in [0.05, 0.1) is 39.6 Å². The summed E-state index contributed by atoms with van der Waals surface area (Å²) in [6, 6.07) is 9.00. The quantitative estimate of drug-likeness (QED) is 0.0429. The predicted octanol–water partition coefficient (Wildman–Crippen LogP) is -0.00670. The van der Waals surface area contributed by atoms with Gasteiger partial charge in [0.15, 0.2) is 56.9 Å². The number of alkyl carbamates (subject to hydrolysis) is 1. The molecule has 22 rings (SSSR count). The molecular weight excluding hydrogens is 1510 g/mol. The summed E-state index contributed by atoms with van der Waals surface area (Å²) in [6.07, 6.45) is -38.7. The third-order valence-corrected chi connectivity index (χ3v) is 21.6. The van der Waals surface area contributed by atoms with Crippen LogP contribution in [0.25, 0.3) is 0 Å². The van der Waals surface area contributed by atoms with Crippen molar-refractivity contribution in [2.24, 2.45) is 0 Å². The summed E-state index contributed by atoms with van der Waals surface area (Å²) in [6.45, 7) is 2.00. The maximum absolute atomic E-state index is 14.1. The van der Waals surface area contributed by atoms with Gasteiger partial charge >= 0.3 is 6.09 Å². The van der Waals surface area contributed by atoms with Crippen molar-refractivity contribution in [3.05, 3.63) is 41.1 Å². The molecule has 39 heteroatoms. The number of benzene rings is 1. The average molecular weight is 1630 g/mol. The van der Waals surface area contributed by atoms with Gasteiger partial charge in [-0.3, -0.25) is 0 Å². The molecule has 1 aromatic rings. The first-order chi connectivity index (χ1) is 54.7. The van der Waals surface area contributed by atoms with Crippen LogP contribution in [0, 0.1) is 5.21 Å². The smallest absolute Gasteiger partial charge is 0.407 e. The van der Waals surface area contributed by atoms with Crippen molar-refractivity contribution in [2.75, 3.05) is 195 Å². The van der Waals surface area contributed by atoms with Crippen LogP contribution in [0.15, 0.2) is 30.3 Å². The van der Waals surface area contributed by atoms with Crippen molar-refractivity contribution in [2.45, 2.75) is 234 Å². The van der Waals surface area contributed by atoms with E-state index in [9.17, 15) is 10.0 Å². The molecule has 21 aliphatic rings. The lowest BCUT2D eigenvalue weighted by atomic mass is 9.94. The molecule has 35 unspecified atom stereocenters. The summed E-state index contributed by atoms with van der Waals surface area (Å²) < 4.78 is 228. The summed E-state index contributed by atoms with van der Waals surface area (Å²) in [5.74, 6) is 0. The summed E-state index contributed by atoms with van der Waals surface area (Å²) in [7, 11) is 29.6. The van der Waals surface area contributed by atoms with Gasteiger partial charge in [0.25, 0.3) is 0 Å². The highest BCUT2D eigenvalue weighted by Crippen LogP contribution is 2.43. The molecule has 1 N–H and O–H groups in total. The number of carbonyl (C=O) groups excluding carboxylic acids is 1. The van der Waals surface area contributed by atoms with E-state index in [2.05, 4.69) is 5.32 Å². The first-order valence-corrected chi connectivity index (χ1v) is 37.5. The zero-order valence-corrected chi connectivity index (χ0v) is 68.9. The van der Waals surface area contributed by atoms with Gasteiger partial charge in [-0.25, -0.2) is 9.53 Å². The maximum Gasteiger partial charge on any atom is 0.407 e. The number of nitrogens with zero attached hydrogens (tertiary/aromatic N) is 1. The van der Waals surface area contributed by atoms with Crippen LogP contribution in [0.1, 0.15) is 19.4 Å². The zero-order chi connectivity index (χ0) is 81.8. The molecular formula is C74H124N2O37. The molecule has 0 aromatic heterocycles. The van der Waals surface area contributed by atoms with Crippen molar-refractivity contribution < 1.29 is 175 Å². The SMILES string of the molecule is COCC1OC2OC3C(COC)OC(OC4C(COC)OC(OC5C(COC)OC(OC6C(COC)OC(OC7C(COC)OC(OC8C(CNC(=O)OCC(C)(C)[N+]([O-])=Cc9ccccc9)OC(OC1C(OC)C2OC)C(OC)C8OC)C(OC)C7OC)C(OC)C6OC)C(OC)C5OC)C(OC)C4OC)C(OC)C3OC. The largest absolute Gasteiger partial charge is 0.623 e. The topological polar surface area (TPSA) is 378 Å². The van der Waals surface area contributed by atoms with E-state index in [1.165, 1.54) is 148 Å². The number of rotatable bonds is 32. The minimum absolute atomic E-state index is 0.0667. The number of ether oxygens (including phenoxy) is 35. The van der Waals surface area contributed by atoms with Crippen LogP contribution in [-0.2, 0) is 166 Å². The summed E-state index contributed by atoms with van der Waals surface area (Å²) >= 11 is 0. The highest BCUT2D eigenvalue weighted by Gasteiger charge is 2.62. The van der Waals surface area contributed by atoms with E-state index in [4.69, 9.17) is 166 Å². The maximum atomic E-state index is 14.1. The molecule has 1 aromatic carbocycles. The van der Waals surface area contributed by atoms with Crippen LogP contribution in [0.5, 0.6) is 0 Å². The van der Waals surface area contributed by atoms with Crippen molar-refractivity contribution in [3.8, 4) is 0 Å². The van der Waals surface area contributed by atoms with Gasteiger partial charge in [0, 0.05) is 168 Å². The predicted molar refractivity (Wildman–Crippen MR) is 386 cm³/mol. The van der Waals surface area contributed by atoms with E-state index in [1.807, 2.05) is 6.07 Å². The standard InChI is InChI=1S/C74H124N2O37/c1-74(2,76(78)29-37-26-24-23-25-27-37)36-99-73(77)75-28-38-45-52(85-9)59(92-16)66(100-38)108-46-39(30-79-3)102-68(61(94-18)53(46)86-10)110-48-41(32-81-5)104-70(63(96-20)55(48)88-12)112-50-43(34-83-7)106-72(65(98-22)57(50)90-14)113-51-44(35-84-8)105-71(64(97-21)58(51)91-15)111-49-42(33-82-6)103-69(62(95-19)56(49)89-13)109-47-40(31-80-4)101-67(107-45)60(93-17)54(47)87-11/h23-27,29,38-72H,28,30-36H2,1-22H3,(H,75,77). The molecule has 113 heavy (non-hydrogen) atoms. The lowest BCUT2D eigenvalue weighted by Crippen LogP contribution is -2.69. The molecule has 652 valence electrons. The molecule has 21 fully saturated rings. The molecule has 0 aliphatic carbocycles. The monoisotopic (exact) mass is 1630 g/mol. The second-order valence-electron chi connectivity index (χ2n) is 28.7. The second kappa shape index (κ2) is 45.3. The molecule has 1 amide bonds. The van der Waals surface area contributed by atoms with E-state index in [0.717, 1.165) is 4.74 Å². The van der Waals surface area contributed by atoms with E-state index in [0.29, 0.717) is 5.56 Å². The molecule has 35 atom stereocenters. The number of hydrogen-bond acceptors (Lipinski definition) is 37. The number of nitrogens with one attached hydrogen (secondary N) is 1. The Morgan fingerprint density at radius 2 is 0.531 bits per heavy atom.